The van der Waals surface area contributed by atoms with E-state index in [0.29, 0.717) is 5.82 Å². The van der Waals surface area contributed by atoms with Crippen LogP contribution >= 0.6 is 0 Å². The predicted octanol–water partition coefficient (Wildman–Crippen LogP) is 1.49. The van der Waals surface area contributed by atoms with Crippen molar-refractivity contribution >= 4 is 5.65 Å². The van der Waals surface area contributed by atoms with Gasteiger partial charge in [-0.2, -0.15) is 5.10 Å². The second-order valence-electron chi connectivity index (χ2n) is 3.51. The zero-order valence-electron chi connectivity index (χ0n) is 8.70. The van der Waals surface area contributed by atoms with Crippen molar-refractivity contribution in [1.29, 1.82) is 0 Å². The molecule has 0 radical (unpaired) electrons. The fourth-order valence-corrected chi connectivity index (χ4v) is 1.63. The number of pyridine rings is 1. The maximum absolute atomic E-state index is 4.29. The summed E-state index contributed by atoms with van der Waals surface area (Å²) in [6.45, 7) is 2.01. The fraction of sp³-hybridized carbons (Fsp3) is 0.0909. The molecule has 3 heterocycles. The van der Waals surface area contributed by atoms with E-state index in [1.54, 1.807) is 12.4 Å². The van der Waals surface area contributed by atoms with Crippen molar-refractivity contribution in [3.8, 4) is 11.4 Å². The molecule has 0 spiro atoms. The van der Waals surface area contributed by atoms with Gasteiger partial charge in [-0.1, -0.05) is 0 Å². The van der Waals surface area contributed by atoms with Crippen molar-refractivity contribution in [3.63, 3.8) is 0 Å². The van der Waals surface area contributed by atoms with Gasteiger partial charge in [-0.25, -0.2) is 9.97 Å². The van der Waals surface area contributed by atoms with Crippen LogP contribution in [0.1, 0.15) is 5.69 Å². The predicted molar refractivity (Wildman–Crippen MR) is 58.8 cm³/mol. The van der Waals surface area contributed by atoms with Gasteiger partial charge in [-0.15, -0.1) is 5.10 Å². The van der Waals surface area contributed by atoms with E-state index in [1.165, 1.54) is 0 Å². The summed E-state index contributed by atoms with van der Waals surface area (Å²) in [5, 5.41) is 7.77. The molecule has 0 saturated carbocycles. The number of aromatic nitrogens is 5. The van der Waals surface area contributed by atoms with Gasteiger partial charge in [0.1, 0.15) is 5.65 Å². The van der Waals surface area contributed by atoms with E-state index in [-0.39, 0.29) is 0 Å². The summed E-state index contributed by atoms with van der Waals surface area (Å²) in [5.41, 5.74) is 2.92. The number of imidazole rings is 1. The number of hydrogen-bond acceptors (Lipinski definition) is 4. The molecular weight excluding hydrogens is 202 g/mol. The Morgan fingerprint density at radius 1 is 1.19 bits per heavy atom. The highest BCUT2D eigenvalue weighted by atomic mass is 15.1. The molecule has 0 fully saturated rings. The molecule has 0 saturated heterocycles. The Kier molecular flexibility index (Phi) is 1.89. The maximum Gasteiger partial charge on any atom is 0.181 e. The van der Waals surface area contributed by atoms with Crippen molar-refractivity contribution in [1.82, 2.24) is 24.6 Å². The highest BCUT2D eigenvalue weighted by molar-refractivity contribution is 5.60. The fourth-order valence-electron chi connectivity index (χ4n) is 1.63. The van der Waals surface area contributed by atoms with E-state index in [4.69, 9.17) is 0 Å². The van der Waals surface area contributed by atoms with Gasteiger partial charge in [0.05, 0.1) is 6.20 Å². The van der Waals surface area contributed by atoms with Crippen LogP contribution in [0.15, 0.2) is 36.9 Å². The van der Waals surface area contributed by atoms with Crippen LogP contribution in [-0.4, -0.2) is 24.6 Å². The number of hydrogen-bond donors (Lipinski definition) is 0. The van der Waals surface area contributed by atoms with Gasteiger partial charge in [-0.05, 0) is 19.1 Å². The summed E-state index contributed by atoms with van der Waals surface area (Å²) >= 11 is 0. The lowest BCUT2D eigenvalue weighted by Crippen LogP contribution is -1.92. The second-order valence-corrected chi connectivity index (χ2v) is 3.51. The third-order valence-corrected chi connectivity index (χ3v) is 2.44. The summed E-state index contributed by atoms with van der Waals surface area (Å²) < 4.78 is 2.01. The number of fused-ring (bicyclic) bond motifs is 1. The minimum absolute atomic E-state index is 0.616. The molecule has 0 aromatic carbocycles. The summed E-state index contributed by atoms with van der Waals surface area (Å²) in [6, 6.07) is 3.91. The minimum Gasteiger partial charge on any atom is -0.304 e. The highest BCUT2D eigenvalue weighted by Crippen LogP contribution is 2.16. The normalized spacial score (nSPS) is 10.8. The second kappa shape index (κ2) is 3.37. The molecule has 3 aromatic heterocycles. The van der Waals surface area contributed by atoms with Gasteiger partial charge in [-0.3, -0.25) is 0 Å². The molecule has 0 atom stereocenters. The van der Waals surface area contributed by atoms with Crippen LogP contribution in [0.25, 0.3) is 17.0 Å². The molecule has 0 aliphatic rings. The Morgan fingerprint density at radius 2 is 2.12 bits per heavy atom. The summed E-state index contributed by atoms with van der Waals surface area (Å²) in [4.78, 5) is 8.44. The molecule has 3 aromatic rings. The van der Waals surface area contributed by atoms with E-state index in [9.17, 15) is 0 Å². The summed E-state index contributed by atoms with van der Waals surface area (Å²) in [6.07, 6.45) is 6.98. The molecule has 0 amide bonds. The Balaban J connectivity index is 2.19. The summed E-state index contributed by atoms with van der Waals surface area (Å²) in [7, 11) is 0. The van der Waals surface area contributed by atoms with E-state index >= 15 is 0 Å². The average Bonchev–Trinajstić information content (AvgIpc) is 2.72. The molecule has 5 nitrogen and oxygen atoms in total. The molecule has 3 rings (SSSR count). The zero-order chi connectivity index (χ0) is 11.0. The van der Waals surface area contributed by atoms with E-state index in [2.05, 4.69) is 20.2 Å². The molecule has 16 heavy (non-hydrogen) atoms. The number of nitrogens with zero attached hydrogens (tertiary/aromatic N) is 5. The number of aryl methyl sites for hydroxylation is 1. The lowest BCUT2D eigenvalue weighted by Gasteiger charge is -2.00. The van der Waals surface area contributed by atoms with Crippen LogP contribution < -0.4 is 0 Å². The molecule has 5 heteroatoms. The monoisotopic (exact) mass is 211 g/mol. The molecule has 0 bridgehead atoms. The van der Waals surface area contributed by atoms with E-state index < -0.39 is 0 Å². The van der Waals surface area contributed by atoms with Crippen LogP contribution in [0.3, 0.4) is 0 Å². The first-order valence-electron chi connectivity index (χ1n) is 4.92. The van der Waals surface area contributed by atoms with Crippen LogP contribution in [0, 0.1) is 6.92 Å². The van der Waals surface area contributed by atoms with Gasteiger partial charge in [0, 0.05) is 29.8 Å². The third kappa shape index (κ3) is 1.33. The third-order valence-electron chi connectivity index (χ3n) is 2.44. The quantitative estimate of drug-likeness (QED) is 0.612. The van der Waals surface area contributed by atoms with Crippen molar-refractivity contribution in [3.05, 3.63) is 42.6 Å². The topological polar surface area (TPSA) is 56.0 Å². The first-order valence-corrected chi connectivity index (χ1v) is 4.92. The van der Waals surface area contributed by atoms with Gasteiger partial charge >= 0.3 is 0 Å². The highest BCUT2D eigenvalue weighted by Gasteiger charge is 2.04. The minimum atomic E-state index is 0.616. The largest absolute Gasteiger partial charge is 0.304 e. The molecule has 0 aliphatic heterocycles. The van der Waals surface area contributed by atoms with Gasteiger partial charge in [0.15, 0.2) is 5.82 Å². The molecule has 0 N–H and O–H groups in total. The van der Waals surface area contributed by atoms with Crippen LogP contribution in [0.5, 0.6) is 0 Å². The zero-order valence-corrected chi connectivity index (χ0v) is 8.70. The number of rotatable bonds is 1. The molecule has 78 valence electrons. The summed E-state index contributed by atoms with van der Waals surface area (Å²) in [5.74, 6) is 0.616. The Hall–Kier alpha value is -2.30. The smallest absolute Gasteiger partial charge is 0.181 e. The van der Waals surface area contributed by atoms with Crippen molar-refractivity contribution in [2.75, 3.05) is 0 Å². The Labute approximate surface area is 91.8 Å². The van der Waals surface area contributed by atoms with Crippen LogP contribution in [-0.2, 0) is 0 Å². The van der Waals surface area contributed by atoms with E-state index in [1.807, 2.05) is 35.9 Å². The average molecular weight is 211 g/mol. The van der Waals surface area contributed by atoms with Crippen molar-refractivity contribution in [2.24, 2.45) is 0 Å². The first kappa shape index (κ1) is 8.96. The lowest BCUT2D eigenvalue weighted by molar-refractivity contribution is 0.978. The Bertz CT molecular complexity index is 629. The standard InChI is InChI=1S/C11H9N5/c1-8-7-13-10-6-9(2-5-16(8)10)11-12-3-4-14-15-11/h2-7H,1H3. The Morgan fingerprint density at radius 3 is 2.94 bits per heavy atom. The van der Waals surface area contributed by atoms with Gasteiger partial charge in [0.2, 0.25) is 0 Å². The molecule has 0 unspecified atom stereocenters. The molecule has 0 aliphatic carbocycles. The maximum atomic E-state index is 4.29. The van der Waals surface area contributed by atoms with Crippen molar-refractivity contribution in [2.45, 2.75) is 6.92 Å². The van der Waals surface area contributed by atoms with Gasteiger partial charge in [0.25, 0.3) is 0 Å². The molecular formula is C11H9N5. The van der Waals surface area contributed by atoms with E-state index in [0.717, 1.165) is 16.9 Å². The van der Waals surface area contributed by atoms with Crippen molar-refractivity contribution < 1.29 is 0 Å². The lowest BCUT2D eigenvalue weighted by atomic mass is 10.2. The first-order chi connectivity index (χ1) is 7.84. The SMILES string of the molecule is Cc1cnc2cc(-c3nccnn3)ccn12. The van der Waals surface area contributed by atoms with Gasteiger partial charge < -0.3 is 4.40 Å². The van der Waals surface area contributed by atoms with Crippen LogP contribution in [0.2, 0.25) is 0 Å². The van der Waals surface area contributed by atoms with Crippen LogP contribution in [0.4, 0.5) is 0 Å².